The molecule has 0 aliphatic heterocycles. The van der Waals surface area contributed by atoms with Gasteiger partial charge in [0.1, 0.15) is 5.78 Å². The number of carbonyl (C=O) groups excluding carboxylic acids is 1. The molecule has 0 amide bonds. The molecular formula is C8H16OS. The summed E-state index contributed by atoms with van der Waals surface area (Å²) >= 11 is 4.14. The van der Waals surface area contributed by atoms with Crippen LogP contribution in [-0.2, 0) is 4.79 Å². The lowest BCUT2D eigenvalue weighted by molar-refractivity contribution is -0.119. The Hall–Kier alpha value is 0.0200. The summed E-state index contributed by atoms with van der Waals surface area (Å²) in [5.41, 5.74) is 0. The number of hydrogen-bond acceptors (Lipinski definition) is 2. The minimum Gasteiger partial charge on any atom is -0.300 e. The summed E-state index contributed by atoms with van der Waals surface area (Å²) in [6.07, 6.45) is 2.41. The van der Waals surface area contributed by atoms with E-state index in [1.165, 1.54) is 0 Å². The quantitative estimate of drug-likeness (QED) is 0.611. The molecule has 0 rings (SSSR count). The van der Waals surface area contributed by atoms with E-state index in [0.717, 1.165) is 18.6 Å². The van der Waals surface area contributed by atoms with Crippen molar-refractivity contribution in [2.24, 2.45) is 5.92 Å². The van der Waals surface area contributed by atoms with Gasteiger partial charge in [-0.3, -0.25) is 4.79 Å². The van der Waals surface area contributed by atoms with Crippen LogP contribution in [0.25, 0.3) is 0 Å². The van der Waals surface area contributed by atoms with E-state index >= 15 is 0 Å². The van der Waals surface area contributed by atoms with Crippen LogP contribution in [0.15, 0.2) is 0 Å². The molecular weight excluding hydrogens is 144 g/mol. The number of Topliss-reactive ketones (excluding diaryl/α,β-unsaturated/α-hetero) is 1. The fraction of sp³-hybridized carbons (Fsp3) is 0.875. The number of hydrogen-bond donors (Lipinski definition) is 1. The van der Waals surface area contributed by atoms with E-state index < -0.39 is 0 Å². The maximum atomic E-state index is 10.8. The smallest absolute Gasteiger partial charge is 0.132 e. The van der Waals surface area contributed by atoms with Gasteiger partial charge in [0.25, 0.3) is 0 Å². The van der Waals surface area contributed by atoms with Crippen LogP contribution in [0, 0.1) is 5.92 Å². The highest BCUT2D eigenvalue weighted by molar-refractivity contribution is 7.80. The van der Waals surface area contributed by atoms with Crippen LogP contribution >= 0.6 is 12.6 Å². The third-order valence-electron chi connectivity index (χ3n) is 1.62. The normalized spacial score (nSPS) is 13.1. The first-order valence-electron chi connectivity index (χ1n) is 3.83. The maximum Gasteiger partial charge on any atom is 0.132 e. The Morgan fingerprint density at radius 2 is 2.20 bits per heavy atom. The second-order valence-corrected chi connectivity index (χ2v) is 3.08. The summed E-state index contributed by atoms with van der Waals surface area (Å²) in [4.78, 5) is 10.8. The van der Waals surface area contributed by atoms with Gasteiger partial charge in [0.05, 0.1) is 0 Å². The number of carbonyl (C=O) groups is 1. The molecule has 0 saturated carbocycles. The first-order chi connectivity index (χ1) is 4.70. The molecule has 60 valence electrons. The van der Waals surface area contributed by atoms with Gasteiger partial charge in [-0.15, -0.1) is 0 Å². The Morgan fingerprint density at radius 3 is 2.60 bits per heavy atom. The minimum atomic E-state index is 0.369. The monoisotopic (exact) mass is 160 g/mol. The maximum absolute atomic E-state index is 10.8. The second-order valence-electron chi connectivity index (χ2n) is 2.72. The number of rotatable bonds is 5. The summed E-state index contributed by atoms with van der Waals surface area (Å²) in [6.45, 7) is 4.03. The van der Waals surface area contributed by atoms with E-state index in [4.69, 9.17) is 0 Å². The number of thiol groups is 1. The molecule has 0 saturated heterocycles. The van der Waals surface area contributed by atoms with E-state index in [-0.39, 0.29) is 0 Å². The molecule has 0 aliphatic rings. The summed E-state index contributed by atoms with van der Waals surface area (Å²) in [5, 5.41) is 0. The largest absolute Gasteiger partial charge is 0.300 e. The fourth-order valence-corrected chi connectivity index (χ4v) is 0.858. The van der Waals surface area contributed by atoms with Crippen molar-refractivity contribution in [3.05, 3.63) is 0 Å². The zero-order valence-electron chi connectivity index (χ0n) is 6.76. The van der Waals surface area contributed by atoms with Crippen LogP contribution < -0.4 is 0 Å². The molecule has 1 nitrogen and oxygen atoms in total. The third-order valence-corrected chi connectivity index (χ3v) is 2.25. The van der Waals surface area contributed by atoms with Gasteiger partial charge in [0, 0.05) is 12.8 Å². The van der Waals surface area contributed by atoms with Crippen LogP contribution in [-0.4, -0.2) is 11.5 Å². The summed E-state index contributed by atoms with van der Waals surface area (Å²) < 4.78 is 0. The Bertz CT molecular complexity index is 101. The molecule has 1 atom stereocenters. The van der Waals surface area contributed by atoms with Gasteiger partial charge in [0.2, 0.25) is 0 Å². The molecule has 0 spiro atoms. The molecule has 10 heavy (non-hydrogen) atoms. The van der Waals surface area contributed by atoms with Crippen molar-refractivity contribution in [3.8, 4) is 0 Å². The first-order valence-corrected chi connectivity index (χ1v) is 4.46. The van der Waals surface area contributed by atoms with Crippen molar-refractivity contribution in [2.75, 3.05) is 5.75 Å². The van der Waals surface area contributed by atoms with E-state index in [9.17, 15) is 4.79 Å². The lowest BCUT2D eigenvalue weighted by Gasteiger charge is -2.04. The van der Waals surface area contributed by atoms with Gasteiger partial charge in [-0.05, 0) is 18.1 Å². The van der Waals surface area contributed by atoms with Gasteiger partial charge in [-0.1, -0.05) is 13.8 Å². The van der Waals surface area contributed by atoms with Gasteiger partial charge >= 0.3 is 0 Å². The Balaban J connectivity index is 3.26. The van der Waals surface area contributed by atoms with Gasteiger partial charge in [0.15, 0.2) is 0 Å². The van der Waals surface area contributed by atoms with Crippen molar-refractivity contribution in [1.29, 1.82) is 0 Å². The standard InChI is InChI=1S/C8H16OS/c1-3-8(9)5-4-7(2)6-10/h7,10H,3-6H2,1-2H3. The van der Waals surface area contributed by atoms with Crippen molar-refractivity contribution in [2.45, 2.75) is 33.1 Å². The molecule has 0 N–H and O–H groups in total. The van der Waals surface area contributed by atoms with E-state index in [1.807, 2.05) is 6.92 Å². The van der Waals surface area contributed by atoms with Crippen LogP contribution in [0.3, 0.4) is 0 Å². The topological polar surface area (TPSA) is 17.1 Å². The molecule has 0 bridgehead atoms. The van der Waals surface area contributed by atoms with Crippen LogP contribution in [0.4, 0.5) is 0 Å². The van der Waals surface area contributed by atoms with E-state index in [0.29, 0.717) is 18.1 Å². The van der Waals surface area contributed by atoms with Gasteiger partial charge in [-0.2, -0.15) is 12.6 Å². The van der Waals surface area contributed by atoms with Crippen molar-refractivity contribution >= 4 is 18.4 Å². The van der Waals surface area contributed by atoms with Crippen molar-refractivity contribution in [3.63, 3.8) is 0 Å². The Kier molecular flexibility index (Phi) is 5.79. The zero-order valence-corrected chi connectivity index (χ0v) is 7.66. The molecule has 0 aromatic rings. The summed E-state index contributed by atoms with van der Waals surface area (Å²) in [6, 6.07) is 0. The third kappa shape index (κ3) is 4.86. The number of ketones is 1. The molecule has 0 aromatic carbocycles. The lowest BCUT2D eigenvalue weighted by Crippen LogP contribution is -2.01. The highest BCUT2D eigenvalue weighted by atomic mass is 32.1. The van der Waals surface area contributed by atoms with Crippen LogP contribution in [0.5, 0.6) is 0 Å². The molecule has 2 heteroatoms. The van der Waals surface area contributed by atoms with Gasteiger partial charge < -0.3 is 0 Å². The van der Waals surface area contributed by atoms with Crippen molar-refractivity contribution < 1.29 is 4.79 Å². The summed E-state index contributed by atoms with van der Waals surface area (Å²) in [5.74, 6) is 1.84. The fourth-order valence-electron chi connectivity index (χ4n) is 0.675. The molecule has 0 radical (unpaired) electrons. The molecule has 0 aliphatic carbocycles. The molecule has 1 unspecified atom stereocenters. The summed E-state index contributed by atoms with van der Waals surface area (Å²) in [7, 11) is 0. The average Bonchev–Trinajstić information content (AvgIpc) is 1.99. The minimum absolute atomic E-state index is 0.369. The Labute approximate surface area is 68.6 Å². The Morgan fingerprint density at radius 1 is 1.60 bits per heavy atom. The van der Waals surface area contributed by atoms with Gasteiger partial charge in [-0.25, -0.2) is 0 Å². The van der Waals surface area contributed by atoms with E-state index in [2.05, 4.69) is 19.6 Å². The van der Waals surface area contributed by atoms with Crippen molar-refractivity contribution in [1.82, 2.24) is 0 Å². The average molecular weight is 160 g/mol. The SMILES string of the molecule is CCC(=O)CCC(C)CS. The molecule has 0 aromatic heterocycles. The first kappa shape index (κ1) is 10.0. The molecule has 0 heterocycles. The highest BCUT2D eigenvalue weighted by Crippen LogP contribution is 2.07. The van der Waals surface area contributed by atoms with Crippen LogP contribution in [0.1, 0.15) is 33.1 Å². The lowest BCUT2D eigenvalue weighted by atomic mass is 10.0. The predicted molar refractivity (Wildman–Crippen MR) is 47.5 cm³/mol. The highest BCUT2D eigenvalue weighted by Gasteiger charge is 2.02. The second kappa shape index (κ2) is 5.78. The van der Waals surface area contributed by atoms with Crippen LogP contribution in [0.2, 0.25) is 0 Å². The molecule has 0 fully saturated rings. The predicted octanol–water partition coefficient (Wildman–Crippen LogP) is 2.31. The van der Waals surface area contributed by atoms with E-state index in [1.54, 1.807) is 0 Å². The zero-order chi connectivity index (χ0) is 7.98.